The van der Waals surface area contributed by atoms with Gasteiger partial charge in [0.2, 0.25) is 0 Å². The fourth-order valence-corrected chi connectivity index (χ4v) is 7.06. The lowest BCUT2D eigenvalue weighted by Gasteiger charge is -2.28. The predicted octanol–water partition coefficient (Wildman–Crippen LogP) is 12.1. The van der Waals surface area contributed by atoms with Gasteiger partial charge in [-0.25, -0.2) is 0 Å². The molecule has 212 valence electrons. The summed E-state index contributed by atoms with van der Waals surface area (Å²) in [6, 6.07) is 51.8. The minimum atomic E-state index is -0.132. The molecule has 0 unspecified atom stereocenters. The topological polar surface area (TPSA) is 3.24 Å². The van der Waals surface area contributed by atoms with Gasteiger partial charge in [-0.05, 0) is 117 Å². The molecule has 1 aliphatic carbocycles. The Bertz CT molecular complexity index is 2160. The molecule has 1 aliphatic rings. The lowest BCUT2D eigenvalue weighted by molar-refractivity contribution is 0.660. The molecule has 1 heteroatoms. The SMILES string of the molecule is Cc1ccc(N(c2ccc(C)cc2)c2ccc3c(c2)C(C)(C)c2cc(-c4ccc5ccc6ccccc6c5c4)ccc2-3)cc1. The quantitative estimate of drug-likeness (QED) is 0.192. The van der Waals surface area contributed by atoms with Crippen LogP contribution >= 0.6 is 0 Å². The Kier molecular flexibility index (Phi) is 6.00. The van der Waals surface area contributed by atoms with Crippen molar-refractivity contribution in [3.8, 4) is 22.3 Å². The third-order valence-corrected chi connectivity index (χ3v) is 9.58. The summed E-state index contributed by atoms with van der Waals surface area (Å²) in [5, 5.41) is 5.17. The van der Waals surface area contributed by atoms with Crippen molar-refractivity contribution in [1.29, 1.82) is 0 Å². The van der Waals surface area contributed by atoms with Crippen molar-refractivity contribution in [2.24, 2.45) is 0 Å². The van der Waals surface area contributed by atoms with E-state index < -0.39 is 0 Å². The summed E-state index contributed by atoms with van der Waals surface area (Å²) >= 11 is 0. The minimum Gasteiger partial charge on any atom is -0.310 e. The van der Waals surface area contributed by atoms with Crippen LogP contribution in [0.5, 0.6) is 0 Å². The monoisotopic (exact) mass is 565 g/mol. The molecule has 0 bridgehead atoms. The van der Waals surface area contributed by atoms with Crippen molar-refractivity contribution in [2.75, 3.05) is 4.90 Å². The Morgan fingerprint density at radius 1 is 0.432 bits per heavy atom. The smallest absolute Gasteiger partial charge is 0.0465 e. The molecule has 0 fully saturated rings. The molecule has 0 amide bonds. The normalized spacial score (nSPS) is 13.2. The highest BCUT2D eigenvalue weighted by atomic mass is 15.1. The molecule has 0 saturated carbocycles. The number of aryl methyl sites for hydroxylation is 2. The van der Waals surface area contributed by atoms with Crippen molar-refractivity contribution < 1.29 is 0 Å². The van der Waals surface area contributed by atoms with E-state index in [2.05, 4.69) is 172 Å². The molecule has 0 spiro atoms. The summed E-state index contributed by atoms with van der Waals surface area (Å²) in [5.74, 6) is 0. The van der Waals surface area contributed by atoms with Crippen molar-refractivity contribution >= 4 is 38.6 Å². The first-order valence-corrected chi connectivity index (χ1v) is 15.5. The van der Waals surface area contributed by atoms with Gasteiger partial charge in [0.25, 0.3) is 0 Å². The minimum absolute atomic E-state index is 0.132. The molecular formula is C43H35N. The molecule has 0 N–H and O–H groups in total. The maximum absolute atomic E-state index is 2.43. The van der Waals surface area contributed by atoms with Crippen LogP contribution < -0.4 is 4.90 Å². The number of hydrogen-bond donors (Lipinski definition) is 0. The summed E-state index contributed by atoms with van der Waals surface area (Å²) in [6.45, 7) is 9.04. The van der Waals surface area contributed by atoms with Crippen LogP contribution in [0.3, 0.4) is 0 Å². The fraction of sp³-hybridized carbons (Fsp3) is 0.116. The molecule has 7 aromatic rings. The number of hydrogen-bond acceptors (Lipinski definition) is 1. The standard InChI is InChI=1S/C43H35N/c1-28-9-18-34(19-10-28)44(35-20-11-29(2)12-21-35)36-22-24-39-38-23-17-33(26-41(38)43(3,4)42(39)27-36)32-16-15-31-14-13-30-7-5-6-8-37(30)40(31)25-32/h5-27H,1-4H3. The van der Waals surface area contributed by atoms with E-state index in [1.807, 2.05) is 0 Å². The van der Waals surface area contributed by atoms with Gasteiger partial charge >= 0.3 is 0 Å². The van der Waals surface area contributed by atoms with Crippen LogP contribution in [0.15, 0.2) is 140 Å². The van der Waals surface area contributed by atoms with Gasteiger partial charge in [-0.1, -0.05) is 116 Å². The summed E-state index contributed by atoms with van der Waals surface area (Å²) in [6.07, 6.45) is 0. The first-order chi connectivity index (χ1) is 21.4. The second kappa shape index (κ2) is 9.96. The highest BCUT2D eigenvalue weighted by Crippen LogP contribution is 2.51. The van der Waals surface area contributed by atoms with Crippen molar-refractivity contribution in [3.05, 3.63) is 162 Å². The van der Waals surface area contributed by atoms with E-state index >= 15 is 0 Å². The second-order valence-corrected chi connectivity index (χ2v) is 12.8. The zero-order chi connectivity index (χ0) is 30.0. The Hall–Kier alpha value is -5.14. The lowest BCUT2D eigenvalue weighted by atomic mass is 9.81. The Morgan fingerprint density at radius 3 is 1.61 bits per heavy atom. The first kappa shape index (κ1) is 26.5. The second-order valence-electron chi connectivity index (χ2n) is 12.8. The molecule has 0 heterocycles. The van der Waals surface area contributed by atoms with Gasteiger partial charge in [0.1, 0.15) is 0 Å². The van der Waals surface area contributed by atoms with E-state index in [-0.39, 0.29) is 5.41 Å². The van der Waals surface area contributed by atoms with Gasteiger partial charge < -0.3 is 4.90 Å². The van der Waals surface area contributed by atoms with E-state index in [1.165, 1.54) is 83.1 Å². The molecule has 0 atom stereocenters. The molecule has 7 aromatic carbocycles. The van der Waals surface area contributed by atoms with E-state index in [0.29, 0.717) is 0 Å². The average molecular weight is 566 g/mol. The summed E-state index contributed by atoms with van der Waals surface area (Å²) in [4.78, 5) is 2.38. The van der Waals surface area contributed by atoms with Crippen molar-refractivity contribution in [1.82, 2.24) is 0 Å². The maximum atomic E-state index is 2.43. The highest BCUT2D eigenvalue weighted by molar-refractivity contribution is 6.08. The Balaban J connectivity index is 1.23. The Morgan fingerprint density at radius 2 is 0.932 bits per heavy atom. The molecule has 44 heavy (non-hydrogen) atoms. The van der Waals surface area contributed by atoms with E-state index in [1.54, 1.807) is 0 Å². The molecule has 0 aromatic heterocycles. The van der Waals surface area contributed by atoms with Crippen molar-refractivity contribution in [2.45, 2.75) is 33.1 Å². The van der Waals surface area contributed by atoms with Crippen molar-refractivity contribution in [3.63, 3.8) is 0 Å². The maximum Gasteiger partial charge on any atom is 0.0465 e. The third-order valence-electron chi connectivity index (χ3n) is 9.58. The van der Waals surface area contributed by atoms with Gasteiger partial charge in [-0.3, -0.25) is 0 Å². The van der Waals surface area contributed by atoms with Gasteiger partial charge in [-0.15, -0.1) is 0 Å². The molecular weight excluding hydrogens is 530 g/mol. The van der Waals surface area contributed by atoms with Gasteiger partial charge in [0, 0.05) is 22.5 Å². The summed E-state index contributed by atoms with van der Waals surface area (Å²) in [5.41, 5.74) is 13.9. The van der Waals surface area contributed by atoms with Gasteiger partial charge in [0.05, 0.1) is 0 Å². The Labute approximate surface area is 260 Å². The largest absolute Gasteiger partial charge is 0.310 e. The number of fused-ring (bicyclic) bond motifs is 6. The molecule has 0 saturated heterocycles. The van der Waals surface area contributed by atoms with Crippen LogP contribution in [-0.4, -0.2) is 0 Å². The first-order valence-electron chi connectivity index (χ1n) is 15.5. The van der Waals surface area contributed by atoms with E-state index in [4.69, 9.17) is 0 Å². The lowest BCUT2D eigenvalue weighted by Crippen LogP contribution is -2.16. The zero-order valence-electron chi connectivity index (χ0n) is 25.7. The molecule has 0 radical (unpaired) electrons. The van der Waals surface area contributed by atoms with E-state index in [0.717, 1.165) is 0 Å². The number of anilines is 3. The van der Waals surface area contributed by atoms with Crippen LogP contribution in [0.25, 0.3) is 43.8 Å². The van der Waals surface area contributed by atoms with Crippen LogP contribution in [0.4, 0.5) is 17.1 Å². The zero-order valence-corrected chi connectivity index (χ0v) is 25.7. The molecule has 1 nitrogen and oxygen atoms in total. The number of benzene rings is 7. The van der Waals surface area contributed by atoms with Crippen LogP contribution in [0.2, 0.25) is 0 Å². The van der Waals surface area contributed by atoms with Crippen LogP contribution in [-0.2, 0) is 5.41 Å². The van der Waals surface area contributed by atoms with Gasteiger partial charge in [0.15, 0.2) is 0 Å². The van der Waals surface area contributed by atoms with E-state index in [9.17, 15) is 0 Å². The number of nitrogens with zero attached hydrogens (tertiary/aromatic N) is 1. The predicted molar refractivity (Wildman–Crippen MR) is 189 cm³/mol. The molecule has 0 aliphatic heterocycles. The summed E-state index contributed by atoms with van der Waals surface area (Å²) < 4.78 is 0. The van der Waals surface area contributed by atoms with Crippen LogP contribution in [0, 0.1) is 13.8 Å². The highest BCUT2D eigenvalue weighted by Gasteiger charge is 2.36. The van der Waals surface area contributed by atoms with Gasteiger partial charge in [-0.2, -0.15) is 0 Å². The average Bonchev–Trinajstić information content (AvgIpc) is 3.28. The fourth-order valence-electron chi connectivity index (χ4n) is 7.06. The van der Waals surface area contributed by atoms with Crippen LogP contribution in [0.1, 0.15) is 36.1 Å². The summed E-state index contributed by atoms with van der Waals surface area (Å²) in [7, 11) is 0. The number of rotatable bonds is 4. The molecule has 8 rings (SSSR count). The third kappa shape index (κ3) is 4.23.